The summed E-state index contributed by atoms with van der Waals surface area (Å²) in [5.74, 6) is -1.10. The summed E-state index contributed by atoms with van der Waals surface area (Å²) < 4.78 is 5.67. The van der Waals surface area contributed by atoms with Crippen LogP contribution in [0.3, 0.4) is 0 Å². The zero-order valence-electron chi connectivity index (χ0n) is 15.1. The molecule has 0 saturated heterocycles. The van der Waals surface area contributed by atoms with E-state index in [-0.39, 0.29) is 11.8 Å². The molecule has 1 heterocycles. The van der Waals surface area contributed by atoms with Gasteiger partial charge in [-0.05, 0) is 48.6 Å². The van der Waals surface area contributed by atoms with Gasteiger partial charge in [-0.2, -0.15) is 0 Å². The molecule has 4 rings (SSSR count). The molecule has 2 aromatic rings. The second kappa shape index (κ2) is 7.34. The first-order valence-electron chi connectivity index (χ1n) is 9.20. The number of nitrogens with one attached hydrogen (secondary N) is 2. The van der Waals surface area contributed by atoms with Crippen LogP contribution < -0.4 is 15.4 Å². The van der Waals surface area contributed by atoms with Gasteiger partial charge in [0.2, 0.25) is 0 Å². The van der Waals surface area contributed by atoms with Crippen LogP contribution in [0, 0.1) is 5.92 Å². The molecule has 28 heavy (non-hydrogen) atoms. The molecular formula is C21H20N2O5. The van der Waals surface area contributed by atoms with Crippen LogP contribution in [0.1, 0.15) is 28.8 Å². The van der Waals surface area contributed by atoms with E-state index in [2.05, 4.69) is 10.6 Å². The molecule has 0 aromatic heterocycles. The molecule has 0 bridgehead atoms. The lowest BCUT2D eigenvalue weighted by Gasteiger charge is -2.15. The van der Waals surface area contributed by atoms with Gasteiger partial charge in [0.05, 0.1) is 0 Å². The predicted octanol–water partition coefficient (Wildman–Crippen LogP) is 2.22. The number of benzene rings is 2. The predicted molar refractivity (Wildman–Crippen MR) is 101 cm³/mol. The lowest BCUT2D eigenvalue weighted by molar-refractivity contribution is -0.139. The van der Waals surface area contributed by atoms with Crippen LogP contribution in [-0.2, 0) is 16.0 Å². The standard InChI is InChI=1S/C21H20N2O5/c24-19(23-18(21(26)27)12-8-9-12)14-5-3-6-15(10-14)22-20(25)17-11-13-4-1-2-7-16(13)28-17/h1-7,10,12,17-18H,8-9,11H2,(H,22,25)(H,23,24)(H,26,27). The van der Waals surface area contributed by atoms with Gasteiger partial charge in [-0.25, -0.2) is 4.79 Å². The molecule has 3 N–H and O–H groups in total. The van der Waals surface area contributed by atoms with Gasteiger partial charge in [-0.3, -0.25) is 9.59 Å². The molecule has 2 unspecified atom stereocenters. The number of para-hydroxylation sites is 1. The molecule has 0 spiro atoms. The summed E-state index contributed by atoms with van der Waals surface area (Å²) in [5, 5.41) is 14.6. The van der Waals surface area contributed by atoms with E-state index < -0.39 is 24.0 Å². The Hall–Kier alpha value is -3.35. The minimum absolute atomic E-state index is 0.00881. The second-order valence-corrected chi connectivity index (χ2v) is 7.12. The van der Waals surface area contributed by atoms with Crippen molar-refractivity contribution in [3.8, 4) is 5.75 Å². The summed E-state index contributed by atoms with van der Waals surface area (Å²) in [7, 11) is 0. The zero-order valence-corrected chi connectivity index (χ0v) is 15.1. The van der Waals surface area contributed by atoms with Crippen molar-refractivity contribution in [2.75, 3.05) is 5.32 Å². The van der Waals surface area contributed by atoms with Gasteiger partial charge in [-0.15, -0.1) is 0 Å². The molecule has 2 aromatic carbocycles. The molecule has 2 aliphatic rings. The fourth-order valence-electron chi connectivity index (χ4n) is 3.32. The summed E-state index contributed by atoms with van der Waals surface area (Å²) in [6.07, 6.45) is 1.47. The fourth-order valence-corrected chi connectivity index (χ4v) is 3.32. The van der Waals surface area contributed by atoms with Gasteiger partial charge in [0.25, 0.3) is 11.8 Å². The molecule has 1 aliphatic heterocycles. The summed E-state index contributed by atoms with van der Waals surface area (Å²) in [5.41, 5.74) is 1.73. The maximum Gasteiger partial charge on any atom is 0.326 e. The third kappa shape index (κ3) is 3.83. The van der Waals surface area contributed by atoms with E-state index in [0.717, 1.165) is 18.4 Å². The van der Waals surface area contributed by atoms with Gasteiger partial charge < -0.3 is 20.5 Å². The maximum absolute atomic E-state index is 12.5. The Morgan fingerprint density at radius 1 is 1.07 bits per heavy atom. The lowest BCUT2D eigenvalue weighted by Crippen LogP contribution is -2.42. The number of carboxylic acids is 1. The zero-order chi connectivity index (χ0) is 19.7. The van der Waals surface area contributed by atoms with Crippen molar-refractivity contribution in [3.63, 3.8) is 0 Å². The number of amides is 2. The van der Waals surface area contributed by atoms with Gasteiger partial charge in [0.1, 0.15) is 11.8 Å². The van der Waals surface area contributed by atoms with Gasteiger partial charge in [0, 0.05) is 17.7 Å². The SMILES string of the molecule is O=C(NC(C(=O)O)C1CC1)c1cccc(NC(=O)C2Cc3ccccc3O2)c1. The molecule has 144 valence electrons. The van der Waals surface area contributed by atoms with Crippen LogP contribution in [0.25, 0.3) is 0 Å². The monoisotopic (exact) mass is 380 g/mol. The topological polar surface area (TPSA) is 105 Å². The Morgan fingerprint density at radius 3 is 2.57 bits per heavy atom. The van der Waals surface area contributed by atoms with Crippen molar-refractivity contribution in [3.05, 3.63) is 59.7 Å². The summed E-state index contributed by atoms with van der Waals surface area (Å²) in [6, 6.07) is 13.0. The quantitative estimate of drug-likeness (QED) is 0.713. The van der Waals surface area contributed by atoms with Crippen molar-refractivity contribution in [1.29, 1.82) is 0 Å². The van der Waals surface area contributed by atoms with Crippen LogP contribution in [0.15, 0.2) is 48.5 Å². The number of anilines is 1. The Labute approximate surface area is 161 Å². The number of carbonyl (C=O) groups excluding carboxylic acids is 2. The maximum atomic E-state index is 12.5. The van der Waals surface area contributed by atoms with E-state index in [0.29, 0.717) is 23.4 Å². The lowest BCUT2D eigenvalue weighted by atomic mass is 10.1. The Kier molecular flexibility index (Phi) is 4.73. The first-order valence-corrected chi connectivity index (χ1v) is 9.20. The van der Waals surface area contributed by atoms with Crippen molar-refractivity contribution < 1.29 is 24.2 Å². The third-order valence-corrected chi connectivity index (χ3v) is 4.98. The van der Waals surface area contributed by atoms with Crippen molar-refractivity contribution in [2.24, 2.45) is 5.92 Å². The average Bonchev–Trinajstić information content (AvgIpc) is 3.42. The highest BCUT2D eigenvalue weighted by Gasteiger charge is 2.37. The van der Waals surface area contributed by atoms with E-state index >= 15 is 0 Å². The van der Waals surface area contributed by atoms with Gasteiger partial charge in [0.15, 0.2) is 6.10 Å². The summed E-state index contributed by atoms with van der Waals surface area (Å²) >= 11 is 0. The van der Waals surface area contributed by atoms with E-state index in [1.54, 1.807) is 18.2 Å². The second-order valence-electron chi connectivity index (χ2n) is 7.12. The third-order valence-electron chi connectivity index (χ3n) is 4.98. The number of ether oxygens (including phenoxy) is 1. The number of hydrogen-bond acceptors (Lipinski definition) is 4. The highest BCUT2D eigenvalue weighted by atomic mass is 16.5. The minimum atomic E-state index is -1.03. The smallest absolute Gasteiger partial charge is 0.326 e. The van der Waals surface area contributed by atoms with Crippen LogP contribution in [-0.4, -0.2) is 35.0 Å². The number of aliphatic carboxylic acids is 1. The molecule has 1 saturated carbocycles. The molecule has 7 heteroatoms. The highest BCUT2D eigenvalue weighted by Crippen LogP contribution is 2.33. The van der Waals surface area contributed by atoms with Crippen molar-refractivity contribution in [1.82, 2.24) is 5.32 Å². The first-order chi connectivity index (χ1) is 13.5. The summed E-state index contributed by atoms with van der Waals surface area (Å²) in [6.45, 7) is 0. The van der Waals surface area contributed by atoms with E-state index in [9.17, 15) is 19.5 Å². The summed E-state index contributed by atoms with van der Waals surface area (Å²) in [4.78, 5) is 36.3. The first kappa shape index (κ1) is 18.0. The minimum Gasteiger partial charge on any atom is -0.480 e. The van der Waals surface area contributed by atoms with E-state index in [1.807, 2.05) is 24.3 Å². The van der Waals surface area contributed by atoms with Crippen LogP contribution >= 0.6 is 0 Å². The number of fused-ring (bicyclic) bond motifs is 1. The molecule has 2 amide bonds. The van der Waals surface area contributed by atoms with Gasteiger partial charge >= 0.3 is 5.97 Å². The number of carboxylic acid groups (broad SMARTS) is 1. The highest BCUT2D eigenvalue weighted by molar-refractivity contribution is 5.99. The van der Waals surface area contributed by atoms with Crippen molar-refractivity contribution in [2.45, 2.75) is 31.4 Å². The molecular weight excluding hydrogens is 360 g/mol. The van der Waals surface area contributed by atoms with E-state index in [4.69, 9.17) is 4.74 Å². The largest absolute Gasteiger partial charge is 0.480 e. The van der Waals surface area contributed by atoms with Crippen LogP contribution in [0.4, 0.5) is 5.69 Å². The van der Waals surface area contributed by atoms with Gasteiger partial charge in [-0.1, -0.05) is 24.3 Å². The molecule has 7 nitrogen and oxygen atoms in total. The molecule has 2 atom stereocenters. The molecule has 1 aliphatic carbocycles. The van der Waals surface area contributed by atoms with Crippen LogP contribution in [0.5, 0.6) is 5.75 Å². The van der Waals surface area contributed by atoms with Crippen LogP contribution in [0.2, 0.25) is 0 Å². The Balaban J connectivity index is 1.40. The number of hydrogen-bond donors (Lipinski definition) is 3. The Bertz CT molecular complexity index is 913. The average molecular weight is 380 g/mol. The number of rotatable bonds is 6. The molecule has 1 fully saturated rings. The molecule has 0 radical (unpaired) electrons. The normalized spacial score (nSPS) is 18.5. The Morgan fingerprint density at radius 2 is 1.86 bits per heavy atom. The number of carbonyl (C=O) groups is 3. The van der Waals surface area contributed by atoms with E-state index in [1.165, 1.54) is 6.07 Å². The van der Waals surface area contributed by atoms with Crippen molar-refractivity contribution >= 4 is 23.5 Å². The fraction of sp³-hybridized carbons (Fsp3) is 0.286.